The molecule has 0 N–H and O–H groups in total. The summed E-state index contributed by atoms with van der Waals surface area (Å²) in [5.41, 5.74) is 3.25. The van der Waals surface area contributed by atoms with E-state index < -0.39 is 0 Å². The molecule has 2 aliphatic carbocycles. The van der Waals surface area contributed by atoms with Crippen molar-refractivity contribution in [2.45, 2.75) is 73.1 Å². The summed E-state index contributed by atoms with van der Waals surface area (Å²) in [5.74, 6) is 4.41. The highest BCUT2D eigenvalue weighted by Gasteiger charge is 2.29. The van der Waals surface area contributed by atoms with Crippen molar-refractivity contribution in [3.8, 4) is 0 Å². The van der Waals surface area contributed by atoms with Crippen molar-refractivity contribution < 1.29 is 0 Å². The lowest BCUT2D eigenvalue weighted by Crippen LogP contribution is -2.26. The zero-order valence-corrected chi connectivity index (χ0v) is 14.3. The lowest BCUT2D eigenvalue weighted by atomic mass is 9.69. The van der Waals surface area contributed by atoms with Gasteiger partial charge in [-0.3, -0.25) is 0 Å². The van der Waals surface area contributed by atoms with E-state index in [1.54, 1.807) is 11.1 Å². The fourth-order valence-corrected chi connectivity index (χ4v) is 4.38. The Hall–Kier alpha value is -0.520. The first-order valence-electron chi connectivity index (χ1n) is 8.80. The van der Waals surface area contributed by atoms with E-state index >= 15 is 0 Å². The summed E-state index contributed by atoms with van der Waals surface area (Å²) in [6.45, 7) is 12.0. The highest BCUT2D eigenvalue weighted by molar-refractivity contribution is 5.09. The second kappa shape index (κ2) is 6.96. The van der Waals surface area contributed by atoms with Gasteiger partial charge in [-0.2, -0.15) is 0 Å². The van der Waals surface area contributed by atoms with Gasteiger partial charge in [-0.1, -0.05) is 44.1 Å². The molecule has 0 nitrogen and oxygen atoms in total. The average Bonchev–Trinajstić information content (AvgIpc) is 2.39. The SMILES string of the molecule is CC1=CCC(C(C)CC2C=C(C)CCC2C(C)C)CC1. The topological polar surface area (TPSA) is 0 Å². The fraction of sp³-hybridized carbons (Fsp3) is 0.800. The molecule has 0 spiro atoms. The third-order valence-electron chi connectivity index (χ3n) is 5.90. The van der Waals surface area contributed by atoms with Crippen molar-refractivity contribution >= 4 is 0 Å². The van der Waals surface area contributed by atoms with Crippen LogP contribution in [0.1, 0.15) is 73.1 Å². The largest absolute Gasteiger partial charge is 0.0853 e. The molecule has 0 radical (unpaired) electrons. The van der Waals surface area contributed by atoms with Gasteiger partial charge in [0.25, 0.3) is 0 Å². The molecular formula is C20H34. The summed E-state index contributed by atoms with van der Waals surface area (Å²) < 4.78 is 0. The number of allylic oxidation sites excluding steroid dienone is 4. The Balaban J connectivity index is 1.97. The average molecular weight is 274 g/mol. The van der Waals surface area contributed by atoms with Crippen LogP contribution in [0.4, 0.5) is 0 Å². The molecule has 0 saturated heterocycles. The van der Waals surface area contributed by atoms with Crippen LogP contribution in [-0.4, -0.2) is 0 Å². The summed E-state index contributed by atoms with van der Waals surface area (Å²) in [6, 6.07) is 0. The predicted molar refractivity (Wildman–Crippen MR) is 89.7 cm³/mol. The van der Waals surface area contributed by atoms with E-state index in [1.165, 1.54) is 38.5 Å². The Kier molecular flexibility index (Phi) is 5.52. The molecule has 0 aliphatic heterocycles. The minimum Gasteiger partial charge on any atom is -0.0853 e. The second-order valence-electron chi connectivity index (χ2n) is 7.92. The van der Waals surface area contributed by atoms with Gasteiger partial charge in [0.15, 0.2) is 0 Å². The van der Waals surface area contributed by atoms with Crippen molar-refractivity contribution in [2.75, 3.05) is 0 Å². The maximum absolute atomic E-state index is 2.62. The Morgan fingerprint density at radius 2 is 1.75 bits per heavy atom. The van der Waals surface area contributed by atoms with Crippen molar-refractivity contribution in [3.63, 3.8) is 0 Å². The first-order valence-corrected chi connectivity index (χ1v) is 8.80. The molecule has 0 fully saturated rings. The van der Waals surface area contributed by atoms with E-state index in [4.69, 9.17) is 0 Å². The van der Waals surface area contributed by atoms with Crippen LogP contribution in [0.2, 0.25) is 0 Å². The third-order valence-corrected chi connectivity index (χ3v) is 5.90. The second-order valence-corrected chi connectivity index (χ2v) is 7.92. The lowest BCUT2D eigenvalue weighted by Gasteiger charge is -2.36. The van der Waals surface area contributed by atoms with Gasteiger partial charge in [0.1, 0.15) is 0 Å². The van der Waals surface area contributed by atoms with Gasteiger partial charge in [0, 0.05) is 0 Å². The lowest BCUT2D eigenvalue weighted by molar-refractivity contribution is 0.198. The fourth-order valence-electron chi connectivity index (χ4n) is 4.38. The molecule has 0 saturated carbocycles. The van der Waals surface area contributed by atoms with Crippen LogP contribution >= 0.6 is 0 Å². The van der Waals surface area contributed by atoms with Gasteiger partial charge < -0.3 is 0 Å². The highest BCUT2D eigenvalue weighted by atomic mass is 14.3. The van der Waals surface area contributed by atoms with Crippen molar-refractivity contribution in [2.24, 2.45) is 29.6 Å². The Morgan fingerprint density at radius 1 is 1.05 bits per heavy atom. The molecule has 20 heavy (non-hydrogen) atoms. The molecule has 0 aromatic rings. The number of hydrogen-bond acceptors (Lipinski definition) is 0. The molecule has 0 aromatic heterocycles. The molecule has 0 bridgehead atoms. The number of hydrogen-bond donors (Lipinski definition) is 0. The summed E-state index contributed by atoms with van der Waals surface area (Å²) in [4.78, 5) is 0. The monoisotopic (exact) mass is 274 g/mol. The molecule has 0 heterocycles. The Morgan fingerprint density at radius 3 is 2.35 bits per heavy atom. The van der Waals surface area contributed by atoms with E-state index in [0.29, 0.717) is 0 Å². The normalized spacial score (nSPS) is 32.8. The zero-order valence-electron chi connectivity index (χ0n) is 14.3. The van der Waals surface area contributed by atoms with E-state index in [-0.39, 0.29) is 0 Å². The minimum absolute atomic E-state index is 0.838. The first-order chi connectivity index (χ1) is 9.47. The zero-order chi connectivity index (χ0) is 14.7. The Bertz CT molecular complexity index is 371. The Labute approximate surface area is 126 Å². The van der Waals surface area contributed by atoms with Crippen LogP contribution in [0.5, 0.6) is 0 Å². The van der Waals surface area contributed by atoms with Crippen LogP contribution in [0.25, 0.3) is 0 Å². The van der Waals surface area contributed by atoms with Crippen molar-refractivity contribution in [1.29, 1.82) is 0 Å². The standard InChI is InChI=1S/C20H34/c1-14(2)20-11-8-16(4)12-19(20)13-17(5)18-9-6-15(3)7-10-18/h6,12,14,17-20H,7-11,13H2,1-5H3. The van der Waals surface area contributed by atoms with Crippen LogP contribution < -0.4 is 0 Å². The molecular weight excluding hydrogens is 240 g/mol. The maximum Gasteiger partial charge on any atom is -0.0197 e. The summed E-state index contributed by atoms with van der Waals surface area (Å²) in [6.07, 6.45) is 13.4. The summed E-state index contributed by atoms with van der Waals surface area (Å²) in [5, 5.41) is 0. The summed E-state index contributed by atoms with van der Waals surface area (Å²) in [7, 11) is 0. The van der Waals surface area contributed by atoms with Crippen molar-refractivity contribution in [3.05, 3.63) is 23.3 Å². The molecule has 2 aliphatic rings. The smallest absolute Gasteiger partial charge is 0.0197 e. The van der Waals surface area contributed by atoms with E-state index in [0.717, 1.165) is 29.6 Å². The molecule has 4 atom stereocenters. The molecule has 2 rings (SSSR count). The van der Waals surface area contributed by atoms with Gasteiger partial charge in [0.2, 0.25) is 0 Å². The highest BCUT2D eigenvalue weighted by Crippen LogP contribution is 2.40. The van der Waals surface area contributed by atoms with Crippen LogP contribution in [0.15, 0.2) is 23.3 Å². The minimum atomic E-state index is 0.838. The van der Waals surface area contributed by atoms with E-state index in [9.17, 15) is 0 Å². The maximum atomic E-state index is 2.62. The van der Waals surface area contributed by atoms with Crippen LogP contribution in [-0.2, 0) is 0 Å². The van der Waals surface area contributed by atoms with Gasteiger partial charge in [0.05, 0.1) is 0 Å². The quantitative estimate of drug-likeness (QED) is 0.521. The van der Waals surface area contributed by atoms with Crippen LogP contribution in [0, 0.1) is 29.6 Å². The van der Waals surface area contributed by atoms with Gasteiger partial charge >= 0.3 is 0 Å². The van der Waals surface area contributed by atoms with E-state index in [1.807, 2.05) is 0 Å². The molecule has 4 unspecified atom stereocenters. The molecule has 114 valence electrons. The van der Waals surface area contributed by atoms with E-state index in [2.05, 4.69) is 46.8 Å². The van der Waals surface area contributed by atoms with Crippen LogP contribution in [0.3, 0.4) is 0 Å². The molecule has 0 amide bonds. The summed E-state index contributed by atoms with van der Waals surface area (Å²) >= 11 is 0. The third kappa shape index (κ3) is 3.99. The molecule has 0 heteroatoms. The predicted octanol–water partition coefficient (Wildman–Crippen LogP) is 6.39. The van der Waals surface area contributed by atoms with Gasteiger partial charge in [-0.05, 0) is 82.0 Å². The van der Waals surface area contributed by atoms with Crippen molar-refractivity contribution in [1.82, 2.24) is 0 Å². The van der Waals surface area contributed by atoms with Gasteiger partial charge in [-0.15, -0.1) is 0 Å². The first kappa shape index (κ1) is 15.9. The molecule has 0 aromatic carbocycles. The van der Waals surface area contributed by atoms with Gasteiger partial charge in [-0.25, -0.2) is 0 Å². The number of rotatable bonds is 4.